The molecule has 0 aliphatic carbocycles. The Morgan fingerprint density at radius 1 is 1.31 bits per heavy atom. The van der Waals surface area contributed by atoms with Gasteiger partial charge in [0.2, 0.25) is 5.88 Å². The zero-order valence-electron chi connectivity index (χ0n) is 14.9. The summed E-state index contributed by atoms with van der Waals surface area (Å²) < 4.78 is 1.51. The van der Waals surface area contributed by atoms with Crippen molar-refractivity contribution < 1.29 is 10.2 Å². The summed E-state index contributed by atoms with van der Waals surface area (Å²) in [5.74, 6) is 0.200. The molecule has 0 radical (unpaired) electrons. The molecule has 0 unspecified atom stereocenters. The molecule has 29 heavy (non-hydrogen) atoms. The number of hydrogen-bond acceptors (Lipinski definition) is 7. The van der Waals surface area contributed by atoms with Crippen LogP contribution in [0.1, 0.15) is 5.69 Å². The first-order valence-corrected chi connectivity index (χ1v) is 8.97. The van der Waals surface area contributed by atoms with Crippen molar-refractivity contribution in [3.63, 3.8) is 0 Å². The first-order valence-electron chi connectivity index (χ1n) is 8.59. The van der Waals surface area contributed by atoms with Gasteiger partial charge in [0.05, 0.1) is 19.3 Å². The highest BCUT2D eigenvalue weighted by molar-refractivity contribution is 6.30. The average molecular weight is 414 g/mol. The van der Waals surface area contributed by atoms with E-state index < -0.39 is 5.69 Å². The van der Waals surface area contributed by atoms with Gasteiger partial charge in [-0.25, -0.2) is 9.78 Å². The first kappa shape index (κ1) is 18.7. The SMILES string of the molecule is O=c1[nH]c(O)c(C=c2cnn3c(=NCCO)cc(Nc4cccc(Cl)c4)nc23)[nH]1. The minimum absolute atomic E-state index is 0.112. The van der Waals surface area contributed by atoms with Crippen molar-refractivity contribution in [2.24, 2.45) is 4.99 Å². The van der Waals surface area contributed by atoms with Crippen molar-refractivity contribution in [2.45, 2.75) is 0 Å². The predicted octanol–water partition coefficient (Wildman–Crippen LogP) is 0.289. The average Bonchev–Trinajstić information content (AvgIpc) is 3.22. The van der Waals surface area contributed by atoms with Gasteiger partial charge in [-0.05, 0) is 24.3 Å². The number of aromatic amines is 2. The third-order valence-corrected chi connectivity index (χ3v) is 4.22. The summed E-state index contributed by atoms with van der Waals surface area (Å²) in [6, 6.07) is 8.86. The lowest BCUT2D eigenvalue weighted by Gasteiger charge is -2.06. The molecule has 1 aromatic carbocycles. The largest absolute Gasteiger partial charge is 0.493 e. The molecule has 4 aromatic rings. The van der Waals surface area contributed by atoms with Crippen LogP contribution >= 0.6 is 11.6 Å². The molecule has 0 fully saturated rings. The zero-order chi connectivity index (χ0) is 20.4. The number of anilines is 2. The summed E-state index contributed by atoms with van der Waals surface area (Å²) >= 11 is 6.04. The van der Waals surface area contributed by atoms with Crippen LogP contribution in [0.5, 0.6) is 5.88 Å². The van der Waals surface area contributed by atoms with Gasteiger partial charge in [-0.1, -0.05) is 17.7 Å². The molecule has 0 saturated heterocycles. The first-order chi connectivity index (χ1) is 14.0. The molecule has 0 aliphatic heterocycles. The number of hydrogen-bond donors (Lipinski definition) is 5. The Kier molecular flexibility index (Phi) is 5.02. The molecule has 0 atom stereocenters. The predicted molar refractivity (Wildman–Crippen MR) is 107 cm³/mol. The summed E-state index contributed by atoms with van der Waals surface area (Å²) in [5, 5.41) is 27.5. The van der Waals surface area contributed by atoms with Crippen molar-refractivity contribution in [1.82, 2.24) is 24.6 Å². The van der Waals surface area contributed by atoms with E-state index >= 15 is 0 Å². The van der Waals surface area contributed by atoms with Crippen LogP contribution in [0.4, 0.5) is 11.5 Å². The van der Waals surface area contributed by atoms with Crippen molar-refractivity contribution in [3.8, 4) is 5.88 Å². The summed E-state index contributed by atoms with van der Waals surface area (Å²) in [6.45, 7) is 0.0835. The number of halogens is 1. The Hall–Kier alpha value is -3.63. The Labute approximate surface area is 167 Å². The van der Waals surface area contributed by atoms with E-state index in [4.69, 9.17) is 16.7 Å². The molecular formula is C18H16ClN7O3. The molecule has 0 saturated carbocycles. The van der Waals surface area contributed by atoms with E-state index in [0.717, 1.165) is 5.69 Å². The number of aromatic nitrogens is 5. The van der Waals surface area contributed by atoms with E-state index in [1.165, 1.54) is 10.7 Å². The van der Waals surface area contributed by atoms with Crippen LogP contribution < -0.4 is 21.7 Å². The molecule has 0 amide bonds. The van der Waals surface area contributed by atoms with E-state index in [1.54, 1.807) is 24.3 Å². The van der Waals surface area contributed by atoms with Gasteiger partial charge < -0.3 is 20.5 Å². The lowest BCUT2D eigenvalue weighted by Crippen LogP contribution is -2.20. The van der Waals surface area contributed by atoms with Crippen LogP contribution in [0.25, 0.3) is 11.7 Å². The van der Waals surface area contributed by atoms with Gasteiger partial charge >= 0.3 is 5.69 Å². The monoisotopic (exact) mass is 413 g/mol. The lowest BCUT2D eigenvalue weighted by atomic mass is 10.3. The van der Waals surface area contributed by atoms with E-state index in [2.05, 4.69) is 30.4 Å². The number of imidazole rings is 1. The molecule has 3 heterocycles. The van der Waals surface area contributed by atoms with Gasteiger partial charge in [0.15, 0.2) is 11.1 Å². The summed E-state index contributed by atoms with van der Waals surface area (Å²) in [4.78, 5) is 25.0. The Bertz CT molecular complexity index is 1360. The van der Waals surface area contributed by atoms with Crippen molar-refractivity contribution in [2.75, 3.05) is 18.5 Å². The van der Waals surface area contributed by atoms with Crippen molar-refractivity contribution in [1.29, 1.82) is 0 Å². The summed E-state index contributed by atoms with van der Waals surface area (Å²) in [5.41, 5.74) is 1.32. The topological polar surface area (TPSA) is 144 Å². The number of aliphatic hydroxyl groups is 1. The van der Waals surface area contributed by atoms with E-state index in [-0.39, 0.29) is 24.7 Å². The highest BCUT2D eigenvalue weighted by Crippen LogP contribution is 2.18. The molecule has 4 rings (SSSR count). The maximum absolute atomic E-state index is 11.4. The van der Waals surface area contributed by atoms with Crippen molar-refractivity contribution in [3.05, 3.63) is 68.4 Å². The second-order valence-corrected chi connectivity index (χ2v) is 6.50. The minimum Gasteiger partial charge on any atom is -0.493 e. The highest BCUT2D eigenvalue weighted by Gasteiger charge is 2.08. The van der Waals surface area contributed by atoms with E-state index in [1.807, 2.05) is 12.1 Å². The molecule has 3 aromatic heterocycles. The van der Waals surface area contributed by atoms with Crippen LogP contribution in [0.15, 0.2) is 46.3 Å². The van der Waals surface area contributed by atoms with Gasteiger partial charge in [-0.3, -0.25) is 9.98 Å². The molecule has 11 heteroatoms. The van der Waals surface area contributed by atoms with Gasteiger partial charge in [-0.2, -0.15) is 9.61 Å². The fraction of sp³-hybridized carbons (Fsp3) is 0.111. The van der Waals surface area contributed by atoms with E-state index in [9.17, 15) is 9.90 Å². The quantitative estimate of drug-likeness (QED) is 0.318. The second kappa shape index (κ2) is 7.78. The molecule has 0 aliphatic rings. The number of aromatic hydroxyl groups is 1. The fourth-order valence-electron chi connectivity index (χ4n) is 2.77. The number of benzene rings is 1. The molecule has 0 spiro atoms. The fourth-order valence-corrected chi connectivity index (χ4v) is 2.96. The smallest absolute Gasteiger partial charge is 0.326 e. The van der Waals surface area contributed by atoms with Gasteiger partial charge in [-0.15, -0.1) is 0 Å². The number of nitrogens with zero attached hydrogens (tertiary/aromatic N) is 4. The maximum Gasteiger partial charge on any atom is 0.326 e. The number of H-pyrrole nitrogens is 2. The molecule has 5 N–H and O–H groups in total. The van der Waals surface area contributed by atoms with Gasteiger partial charge in [0, 0.05) is 22.0 Å². The number of aliphatic hydroxyl groups excluding tert-OH is 1. The number of rotatable bonds is 5. The third-order valence-electron chi connectivity index (χ3n) is 3.99. The number of nitrogens with one attached hydrogen (secondary N) is 3. The van der Waals surface area contributed by atoms with Crippen LogP contribution in [-0.4, -0.2) is 47.9 Å². The maximum atomic E-state index is 11.4. The highest BCUT2D eigenvalue weighted by atomic mass is 35.5. The molecule has 10 nitrogen and oxygen atoms in total. The lowest BCUT2D eigenvalue weighted by molar-refractivity contribution is 0.305. The number of fused-ring (bicyclic) bond motifs is 1. The summed E-state index contributed by atoms with van der Waals surface area (Å²) in [6.07, 6.45) is 3.08. The third kappa shape index (κ3) is 3.98. The second-order valence-electron chi connectivity index (χ2n) is 6.06. The normalized spacial score (nSPS) is 12.8. The Morgan fingerprint density at radius 2 is 2.17 bits per heavy atom. The molecule has 148 valence electrons. The Morgan fingerprint density at radius 3 is 2.90 bits per heavy atom. The van der Waals surface area contributed by atoms with Crippen LogP contribution in [-0.2, 0) is 0 Å². The standard InChI is InChI=1S/C18H16ClN7O3/c19-11-2-1-3-12(7-11)22-14-8-15(20-4-5-27)26-16(24-14)10(9-21-26)6-13-17(28)25-18(29)23-13/h1-3,6-9,22,27-28H,4-5H2,(H2,23,25,29). The molecule has 0 bridgehead atoms. The van der Waals surface area contributed by atoms with Crippen molar-refractivity contribution >= 4 is 34.8 Å². The zero-order valence-corrected chi connectivity index (χ0v) is 15.7. The molecular weight excluding hydrogens is 398 g/mol. The van der Waals surface area contributed by atoms with Crippen LogP contribution in [0, 0.1) is 0 Å². The van der Waals surface area contributed by atoms with Gasteiger partial charge in [0.25, 0.3) is 0 Å². The van der Waals surface area contributed by atoms with Gasteiger partial charge in [0.1, 0.15) is 11.5 Å². The summed E-state index contributed by atoms with van der Waals surface area (Å²) in [7, 11) is 0. The van der Waals surface area contributed by atoms with E-state index in [0.29, 0.717) is 27.2 Å². The van der Waals surface area contributed by atoms with Crippen LogP contribution in [0.3, 0.4) is 0 Å². The Balaban J connectivity index is 1.89. The van der Waals surface area contributed by atoms with Crippen LogP contribution in [0.2, 0.25) is 5.02 Å². The minimum atomic E-state index is -0.528.